The highest BCUT2D eigenvalue weighted by Gasteiger charge is 2.37. The zero-order valence-electron chi connectivity index (χ0n) is 12.2. The number of sulfonamides is 1. The summed E-state index contributed by atoms with van der Waals surface area (Å²) >= 11 is 0. The van der Waals surface area contributed by atoms with Gasteiger partial charge in [0.15, 0.2) is 0 Å². The highest BCUT2D eigenvalue weighted by atomic mass is 32.2. The summed E-state index contributed by atoms with van der Waals surface area (Å²) in [6.07, 6.45) is 6.55. The van der Waals surface area contributed by atoms with Crippen LogP contribution < -0.4 is 4.72 Å². The van der Waals surface area contributed by atoms with Crippen molar-refractivity contribution in [3.8, 4) is 0 Å². The zero-order chi connectivity index (χ0) is 13.9. The zero-order valence-corrected chi connectivity index (χ0v) is 13.0. The monoisotopic (exact) mass is 289 g/mol. The molecule has 19 heavy (non-hydrogen) atoms. The van der Waals surface area contributed by atoms with Gasteiger partial charge in [0, 0.05) is 13.2 Å². The Bertz CT molecular complexity index is 379. The number of ether oxygens (including phenoxy) is 1. The molecule has 1 N–H and O–H groups in total. The molecule has 0 spiro atoms. The van der Waals surface area contributed by atoms with Crippen LogP contribution in [-0.4, -0.2) is 33.4 Å². The molecule has 0 aromatic heterocycles. The molecule has 2 aliphatic rings. The van der Waals surface area contributed by atoms with Crippen molar-refractivity contribution in [2.75, 3.05) is 19.8 Å². The second kappa shape index (κ2) is 6.10. The van der Waals surface area contributed by atoms with Crippen LogP contribution in [0, 0.1) is 11.3 Å². The van der Waals surface area contributed by atoms with Gasteiger partial charge < -0.3 is 4.74 Å². The van der Waals surface area contributed by atoms with E-state index in [1.165, 1.54) is 12.8 Å². The Balaban J connectivity index is 1.95. The molecule has 1 heterocycles. The van der Waals surface area contributed by atoms with Gasteiger partial charge in [0.2, 0.25) is 10.0 Å². The van der Waals surface area contributed by atoms with E-state index in [2.05, 4.69) is 18.6 Å². The van der Waals surface area contributed by atoms with Crippen LogP contribution in [0.15, 0.2) is 0 Å². The molecule has 4 nitrogen and oxygen atoms in total. The Kier molecular flexibility index (Phi) is 4.90. The number of hydrogen-bond acceptors (Lipinski definition) is 3. The molecule has 1 saturated carbocycles. The van der Waals surface area contributed by atoms with Crippen molar-refractivity contribution >= 4 is 10.0 Å². The summed E-state index contributed by atoms with van der Waals surface area (Å²) in [6, 6.07) is 0. The first kappa shape index (κ1) is 15.3. The second-order valence-corrected chi connectivity index (χ2v) is 8.70. The third-order valence-corrected chi connectivity index (χ3v) is 6.28. The van der Waals surface area contributed by atoms with Crippen molar-refractivity contribution in [2.45, 2.75) is 57.6 Å². The first-order valence-corrected chi connectivity index (χ1v) is 9.04. The maximum atomic E-state index is 12.2. The summed E-state index contributed by atoms with van der Waals surface area (Å²) in [7, 11) is -3.20. The third-order valence-electron chi connectivity index (χ3n) is 4.48. The minimum atomic E-state index is -3.20. The lowest BCUT2D eigenvalue weighted by Gasteiger charge is -2.31. The molecule has 1 aliphatic carbocycles. The van der Waals surface area contributed by atoms with Crippen molar-refractivity contribution in [3.63, 3.8) is 0 Å². The summed E-state index contributed by atoms with van der Waals surface area (Å²) in [4.78, 5) is 0. The number of hydrogen-bond donors (Lipinski definition) is 1. The van der Waals surface area contributed by atoms with Crippen LogP contribution in [0.2, 0.25) is 0 Å². The lowest BCUT2D eigenvalue weighted by atomic mass is 9.79. The van der Waals surface area contributed by atoms with E-state index in [9.17, 15) is 8.42 Å². The molecule has 2 fully saturated rings. The number of nitrogens with one attached hydrogen (secondary N) is 1. The Morgan fingerprint density at radius 2 is 2.00 bits per heavy atom. The second-order valence-electron chi connectivity index (χ2n) is 6.66. The molecule has 2 rings (SSSR count). The fourth-order valence-electron chi connectivity index (χ4n) is 3.57. The van der Waals surface area contributed by atoms with Gasteiger partial charge in [-0.05, 0) is 37.0 Å². The predicted molar refractivity (Wildman–Crippen MR) is 76.5 cm³/mol. The summed E-state index contributed by atoms with van der Waals surface area (Å²) in [5.41, 5.74) is 0.195. The molecular weight excluding hydrogens is 262 g/mol. The number of rotatable bonds is 6. The molecule has 1 aliphatic heterocycles. The SMILES string of the molecule is CC(C)CC1(CNS(=O)(=O)C2CCOC2)CCCC1. The van der Waals surface area contributed by atoms with Gasteiger partial charge in [-0.15, -0.1) is 0 Å². The van der Waals surface area contributed by atoms with E-state index in [4.69, 9.17) is 4.74 Å². The van der Waals surface area contributed by atoms with Gasteiger partial charge in [-0.2, -0.15) is 0 Å². The van der Waals surface area contributed by atoms with Crippen LogP contribution >= 0.6 is 0 Å². The fraction of sp³-hybridized carbons (Fsp3) is 1.00. The van der Waals surface area contributed by atoms with Crippen LogP contribution in [0.5, 0.6) is 0 Å². The standard InChI is InChI=1S/C14H27NO3S/c1-12(2)9-14(6-3-4-7-14)11-15-19(16,17)13-5-8-18-10-13/h12-13,15H,3-11H2,1-2H3. The van der Waals surface area contributed by atoms with Crippen LogP contribution in [0.3, 0.4) is 0 Å². The molecule has 0 bridgehead atoms. The third kappa shape index (κ3) is 3.92. The van der Waals surface area contributed by atoms with E-state index in [1.807, 2.05) is 0 Å². The van der Waals surface area contributed by atoms with Gasteiger partial charge >= 0.3 is 0 Å². The van der Waals surface area contributed by atoms with E-state index in [1.54, 1.807) is 0 Å². The summed E-state index contributed by atoms with van der Waals surface area (Å²) in [5, 5.41) is -0.343. The minimum absolute atomic E-state index is 0.195. The van der Waals surface area contributed by atoms with Gasteiger partial charge in [-0.1, -0.05) is 26.7 Å². The van der Waals surface area contributed by atoms with Crippen molar-refractivity contribution in [3.05, 3.63) is 0 Å². The normalized spacial score (nSPS) is 27.2. The molecule has 0 aromatic rings. The van der Waals surface area contributed by atoms with Crippen LogP contribution in [0.1, 0.15) is 52.4 Å². The van der Waals surface area contributed by atoms with E-state index in [-0.39, 0.29) is 10.7 Å². The summed E-state index contributed by atoms with van der Waals surface area (Å²) in [5.74, 6) is 0.623. The van der Waals surface area contributed by atoms with E-state index in [0.29, 0.717) is 32.1 Å². The molecule has 1 atom stereocenters. The van der Waals surface area contributed by atoms with Crippen molar-refractivity contribution in [1.82, 2.24) is 4.72 Å². The van der Waals surface area contributed by atoms with Gasteiger partial charge in [0.1, 0.15) is 5.25 Å². The highest BCUT2D eigenvalue weighted by Crippen LogP contribution is 2.42. The van der Waals surface area contributed by atoms with E-state index >= 15 is 0 Å². The fourth-order valence-corrected chi connectivity index (χ4v) is 5.00. The lowest BCUT2D eigenvalue weighted by molar-refractivity contribution is 0.198. The Morgan fingerprint density at radius 3 is 2.53 bits per heavy atom. The molecule has 0 amide bonds. The van der Waals surface area contributed by atoms with Crippen molar-refractivity contribution in [1.29, 1.82) is 0 Å². The maximum absolute atomic E-state index is 12.2. The van der Waals surface area contributed by atoms with Gasteiger partial charge in [0.25, 0.3) is 0 Å². The van der Waals surface area contributed by atoms with Crippen molar-refractivity contribution < 1.29 is 13.2 Å². The summed E-state index contributed by atoms with van der Waals surface area (Å²) < 4.78 is 32.5. The molecule has 0 radical (unpaired) electrons. The Hall–Kier alpha value is -0.130. The van der Waals surface area contributed by atoms with Crippen LogP contribution in [-0.2, 0) is 14.8 Å². The van der Waals surface area contributed by atoms with Crippen LogP contribution in [0.25, 0.3) is 0 Å². The van der Waals surface area contributed by atoms with Crippen molar-refractivity contribution in [2.24, 2.45) is 11.3 Å². The summed E-state index contributed by atoms with van der Waals surface area (Å²) in [6.45, 7) is 5.98. The lowest BCUT2D eigenvalue weighted by Crippen LogP contribution is -2.41. The Labute approximate surface area is 117 Å². The topological polar surface area (TPSA) is 55.4 Å². The molecule has 112 valence electrons. The molecule has 5 heteroatoms. The first-order chi connectivity index (χ1) is 8.94. The molecular formula is C14H27NO3S. The van der Waals surface area contributed by atoms with Crippen LogP contribution in [0.4, 0.5) is 0 Å². The largest absolute Gasteiger partial charge is 0.380 e. The van der Waals surface area contributed by atoms with Gasteiger partial charge in [0.05, 0.1) is 6.61 Å². The highest BCUT2D eigenvalue weighted by molar-refractivity contribution is 7.90. The minimum Gasteiger partial charge on any atom is -0.380 e. The predicted octanol–water partition coefficient (Wildman–Crippen LogP) is 2.30. The average molecular weight is 289 g/mol. The van der Waals surface area contributed by atoms with E-state index in [0.717, 1.165) is 19.3 Å². The van der Waals surface area contributed by atoms with Gasteiger partial charge in [-0.25, -0.2) is 13.1 Å². The average Bonchev–Trinajstić information content (AvgIpc) is 2.97. The molecule has 0 aromatic carbocycles. The van der Waals surface area contributed by atoms with Gasteiger partial charge in [-0.3, -0.25) is 0 Å². The van der Waals surface area contributed by atoms with E-state index < -0.39 is 10.0 Å². The first-order valence-electron chi connectivity index (χ1n) is 7.50. The Morgan fingerprint density at radius 1 is 1.32 bits per heavy atom. The molecule has 1 saturated heterocycles. The molecule has 1 unspecified atom stereocenters. The maximum Gasteiger partial charge on any atom is 0.216 e. The quantitative estimate of drug-likeness (QED) is 0.816. The smallest absolute Gasteiger partial charge is 0.216 e.